The summed E-state index contributed by atoms with van der Waals surface area (Å²) in [6.45, 7) is 6.92. The normalized spacial score (nSPS) is 20.7. The molecule has 1 fully saturated rings. The third kappa shape index (κ3) is 3.97. The van der Waals surface area contributed by atoms with E-state index < -0.39 is 0 Å². The van der Waals surface area contributed by atoms with Gasteiger partial charge in [-0.25, -0.2) is 9.78 Å². The third-order valence-electron chi connectivity index (χ3n) is 4.93. The van der Waals surface area contributed by atoms with Crippen molar-refractivity contribution in [1.29, 1.82) is 5.26 Å². The van der Waals surface area contributed by atoms with E-state index in [-0.39, 0.29) is 12.0 Å². The molecule has 0 saturated carbocycles. The monoisotopic (exact) mass is 355 g/mol. The molecule has 1 aliphatic heterocycles. The predicted molar refractivity (Wildman–Crippen MR) is 99.9 cm³/mol. The maximum atomic E-state index is 12.4. The highest BCUT2D eigenvalue weighted by Gasteiger charge is 2.28. The molecule has 0 amide bonds. The first kappa shape index (κ1) is 18.2. The van der Waals surface area contributed by atoms with Crippen molar-refractivity contribution in [2.75, 3.05) is 31.6 Å². The van der Waals surface area contributed by atoms with Crippen molar-refractivity contribution >= 4 is 22.8 Å². The quantitative estimate of drug-likeness (QED) is 0.774. The van der Waals surface area contributed by atoms with Gasteiger partial charge in [-0.2, -0.15) is 5.26 Å². The van der Waals surface area contributed by atoms with Gasteiger partial charge in [0.25, 0.3) is 0 Å². The molecule has 0 unspecified atom stereocenters. The molecule has 7 nitrogen and oxygen atoms in total. The fraction of sp³-hybridized carbons (Fsp3) is 0.526. The number of pyridine rings is 1. The van der Waals surface area contributed by atoms with Gasteiger partial charge in [0.1, 0.15) is 17.0 Å². The minimum absolute atomic E-state index is 0.163. The summed E-state index contributed by atoms with van der Waals surface area (Å²) in [5.74, 6) is 0.636. The zero-order valence-electron chi connectivity index (χ0n) is 15.3. The van der Waals surface area contributed by atoms with E-state index in [1.807, 2.05) is 18.3 Å². The van der Waals surface area contributed by atoms with Crippen LogP contribution >= 0.6 is 0 Å². The van der Waals surface area contributed by atoms with Crippen LogP contribution in [0, 0.1) is 17.2 Å². The first-order chi connectivity index (χ1) is 12.6. The molecule has 0 spiro atoms. The van der Waals surface area contributed by atoms with Crippen LogP contribution < -0.4 is 5.32 Å². The Morgan fingerprint density at radius 3 is 3.19 bits per heavy atom. The van der Waals surface area contributed by atoms with Crippen LogP contribution in [0.25, 0.3) is 11.0 Å². The number of fused-ring (bicyclic) bond motifs is 1. The number of rotatable bonds is 6. The minimum atomic E-state index is -0.365. The smallest absolute Gasteiger partial charge is 0.341 e. The maximum absolute atomic E-state index is 12.4. The summed E-state index contributed by atoms with van der Waals surface area (Å²) in [6.07, 6.45) is 3.38. The van der Waals surface area contributed by atoms with E-state index in [2.05, 4.69) is 33.2 Å². The molecule has 2 atom stereocenters. The number of esters is 1. The van der Waals surface area contributed by atoms with Crippen LogP contribution in [0.5, 0.6) is 0 Å². The molecule has 138 valence electrons. The van der Waals surface area contributed by atoms with Gasteiger partial charge in [-0.1, -0.05) is 6.92 Å². The van der Waals surface area contributed by atoms with Crippen LogP contribution in [-0.2, 0) is 4.74 Å². The van der Waals surface area contributed by atoms with Gasteiger partial charge in [-0.05, 0) is 37.9 Å². The van der Waals surface area contributed by atoms with Gasteiger partial charge in [0.2, 0.25) is 0 Å². The van der Waals surface area contributed by atoms with Crippen LogP contribution in [0.15, 0.2) is 18.3 Å². The lowest BCUT2D eigenvalue weighted by Crippen LogP contribution is -2.47. The Morgan fingerprint density at radius 2 is 2.42 bits per heavy atom. The molecule has 2 N–H and O–H groups in total. The molecule has 1 aliphatic rings. The number of aromatic nitrogens is 2. The second-order valence-electron chi connectivity index (χ2n) is 6.75. The summed E-state index contributed by atoms with van der Waals surface area (Å²) in [5.41, 5.74) is 1.20. The van der Waals surface area contributed by atoms with Crippen LogP contribution in [0.1, 0.15) is 37.0 Å². The number of carbonyl (C=O) groups is 1. The average Bonchev–Trinajstić information content (AvgIpc) is 3.09. The zero-order chi connectivity index (χ0) is 18.5. The molecule has 0 aromatic carbocycles. The molecule has 0 bridgehead atoms. The summed E-state index contributed by atoms with van der Waals surface area (Å²) < 4.78 is 5.21. The van der Waals surface area contributed by atoms with Crippen molar-refractivity contribution in [2.45, 2.75) is 32.7 Å². The number of ether oxygens (including phenoxy) is 1. The van der Waals surface area contributed by atoms with Gasteiger partial charge in [-0.3, -0.25) is 0 Å². The molecule has 3 rings (SSSR count). The summed E-state index contributed by atoms with van der Waals surface area (Å²) in [6, 6.07) is 6.08. The van der Waals surface area contributed by atoms with Crippen molar-refractivity contribution in [2.24, 2.45) is 5.92 Å². The molecule has 26 heavy (non-hydrogen) atoms. The number of piperidine rings is 1. The Kier molecular flexibility index (Phi) is 5.74. The van der Waals surface area contributed by atoms with E-state index in [1.165, 1.54) is 0 Å². The molecular formula is C19H25N5O2. The average molecular weight is 355 g/mol. The summed E-state index contributed by atoms with van der Waals surface area (Å²) >= 11 is 0. The Bertz CT molecular complexity index is 810. The minimum Gasteiger partial charge on any atom is -0.462 e. The molecule has 2 aromatic heterocycles. The Hall–Kier alpha value is -2.59. The molecule has 3 heterocycles. The van der Waals surface area contributed by atoms with Crippen LogP contribution in [0.4, 0.5) is 5.82 Å². The topological polar surface area (TPSA) is 94.0 Å². The third-order valence-corrected chi connectivity index (χ3v) is 4.93. The SMILES string of the molecule is CCOC(=O)c1cc2cc[nH]c2nc1N[C@H]1CN(CCC#N)CC[C@H]1C. The van der Waals surface area contributed by atoms with E-state index in [1.54, 1.807) is 6.92 Å². The number of anilines is 1. The summed E-state index contributed by atoms with van der Waals surface area (Å²) in [4.78, 5) is 22.4. The lowest BCUT2D eigenvalue weighted by atomic mass is 9.93. The van der Waals surface area contributed by atoms with E-state index >= 15 is 0 Å². The fourth-order valence-corrected chi connectivity index (χ4v) is 3.37. The van der Waals surface area contributed by atoms with Gasteiger partial charge in [0, 0.05) is 37.1 Å². The summed E-state index contributed by atoms with van der Waals surface area (Å²) in [7, 11) is 0. The highest BCUT2D eigenvalue weighted by Crippen LogP contribution is 2.25. The molecule has 0 aliphatic carbocycles. The van der Waals surface area contributed by atoms with E-state index in [4.69, 9.17) is 10.00 Å². The Balaban J connectivity index is 1.84. The Labute approximate surface area is 153 Å². The number of H-pyrrole nitrogens is 1. The maximum Gasteiger partial charge on any atom is 0.341 e. The fourth-order valence-electron chi connectivity index (χ4n) is 3.37. The van der Waals surface area contributed by atoms with E-state index in [0.29, 0.717) is 30.3 Å². The van der Waals surface area contributed by atoms with Crippen molar-refractivity contribution in [3.05, 3.63) is 23.9 Å². The van der Waals surface area contributed by atoms with Gasteiger partial charge in [0.05, 0.1) is 12.7 Å². The predicted octanol–water partition coefficient (Wildman–Crippen LogP) is 2.78. The lowest BCUT2D eigenvalue weighted by Gasteiger charge is -2.37. The van der Waals surface area contributed by atoms with E-state index in [9.17, 15) is 4.79 Å². The van der Waals surface area contributed by atoms with Crippen LogP contribution in [0.2, 0.25) is 0 Å². The lowest BCUT2D eigenvalue weighted by molar-refractivity contribution is 0.0527. The molecular weight excluding hydrogens is 330 g/mol. The second kappa shape index (κ2) is 8.19. The number of nitrogens with zero attached hydrogens (tertiary/aromatic N) is 3. The van der Waals surface area contributed by atoms with Gasteiger partial charge >= 0.3 is 5.97 Å². The standard InChI is InChI=1S/C19H25N5O2/c1-3-26-19(25)15-11-14-5-8-21-17(14)23-18(15)22-16-12-24(9-4-7-20)10-6-13(16)2/h5,8,11,13,16H,3-4,6,9-10,12H2,1-2H3,(H2,21,22,23)/t13-,16+/m1/s1. The molecule has 1 saturated heterocycles. The van der Waals surface area contributed by atoms with Crippen molar-refractivity contribution in [3.8, 4) is 6.07 Å². The number of carbonyl (C=O) groups excluding carboxylic acids is 1. The van der Waals surface area contributed by atoms with Crippen molar-refractivity contribution < 1.29 is 9.53 Å². The summed E-state index contributed by atoms with van der Waals surface area (Å²) in [5, 5.41) is 13.2. The van der Waals surface area contributed by atoms with E-state index in [0.717, 1.165) is 37.1 Å². The first-order valence-corrected chi connectivity index (χ1v) is 9.13. The van der Waals surface area contributed by atoms with Crippen LogP contribution in [0.3, 0.4) is 0 Å². The number of hydrogen-bond acceptors (Lipinski definition) is 6. The highest BCUT2D eigenvalue weighted by atomic mass is 16.5. The van der Waals surface area contributed by atoms with Gasteiger partial charge < -0.3 is 19.9 Å². The molecule has 7 heteroatoms. The Morgan fingerprint density at radius 1 is 1.58 bits per heavy atom. The van der Waals surface area contributed by atoms with Crippen molar-refractivity contribution in [1.82, 2.24) is 14.9 Å². The highest BCUT2D eigenvalue weighted by molar-refractivity contribution is 5.98. The second-order valence-corrected chi connectivity index (χ2v) is 6.75. The number of aromatic amines is 1. The number of nitrogens with one attached hydrogen (secondary N) is 2. The largest absolute Gasteiger partial charge is 0.462 e. The van der Waals surface area contributed by atoms with Crippen LogP contribution in [-0.4, -0.2) is 53.1 Å². The zero-order valence-corrected chi connectivity index (χ0v) is 15.3. The van der Waals surface area contributed by atoms with Gasteiger partial charge in [-0.15, -0.1) is 0 Å². The number of nitriles is 1. The molecule has 2 aromatic rings. The number of hydrogen-bond donors (Lipinski definition) is 2. The number of likely N-dealkylation sites (tertiary alicyclic amines) is 1. The molecule has 0 radical (unpaired) electrons. The first-order valence-electron chi connectivity index (χ1n) is 9.13. The van der Waals surface area contributed by atoms with Crippen molar-refractivity contribution in [3.63, 3.8) is 0 Å². The van der Waals surface area contributed by atoms with Gasteiger partial charge in [0.15, 0.2) is 0 Å².